The highest BCUT2D eigenvalue weighted by molar-refractivity contribution is 5.89. The van der Waals surface area contributed by atoms with Crippen molar-refractivity contribution in [2.45, 2.75) is 44.2 Å². The standard InChI is InChI=1S/C22H25N3O2/c26-22(27-21-14-13-20-8-4-5-15-25(20)16-21)17-9-11-19(12-10-17)24-23-18-6-2-1-3-7-18/h1-3,6-7,9-12,20-21H,4-5,8,13-16H2/t20-,21+/m1/s1. The lowest BCUT2D eigenvalue weighted by atomic mass is 9.92. The fourth-order valence-electron chi connectivity index (χ4n) is 3.95. The van der Waals surface area contributed by atoms with E-state index in [4.69, 9.17) is 4.74 Å². The summed E-state index contributed by atoms with van der Waals surface area (Å²) in [5.74, 6) is -0.248. The van der Waals surface area contributed by atoms with Gasteiger partial charge in [-0.2, -0.15) is 10.2 Å². The zero-order valence-electron chi connectivity index (χ0n) is 15.5. The van der Waals surface area contributed by atoms with Crippen LogP contribution in [0.4, 0.5) is 11.4 Å². The number of carbonyl (C=O) groups is 1. The van der Waals surface area contributed by atoms with Crippen LogP contribution >= 0.6 is 0 Å². The van der Waals surface area contributed by atoms with E-state index in [1.807, 2.05) is 30.3 Å². The number of benzene rings is 2. The van der Waals surface area contributed by atoms with E-state index in [9.17, 15) is 4.79 Å². The van der Waals surface area contributed by atoms with Crippen LogP contribution < -0.4 is 0 Å². The van der Waals surface area contributed by atoms with Crippen molar-refractivity contribution in [3.05, 3.63) is 60.2 Å². The summed E-state index contributed by atoms with van der Waals surface area (Å²) in [6.07, 6.45) is 5.99. The molecule has 0 aliphatic carbocycles. The lowest BCUT2D eigenvalue weighted by Crippen LogP contribution is -2.49. The molecule has 2 aliphatic rings. The molecule has 0 N–H and O–H groups in total. The number of piperidine rings is 2. The second-order valence-corrected chi connectivity index (χ2v) is 7.33. The number of hydrogen-bond acceptors (Lipinski definition) is 5. The van der Waals surface area contributed by atoms with Gasteiger partial charge in [0.2, 0.25) is 0 Å². The second-order valence-electron chi connectivity index (χ2n) is 7.33. The van der Waals surface area contributed by atoms with Crippen molar-refractivity contribution in [1.29, 1.82) is 0 Å². The number of fused-ring (bicyclic) bond motifs is 1. The van der Waals surface area contributed by atoms with Gasteiger partial charge in [0, 0.05) is 12.6 Å². The predicted octanol–water partition coefficient (Wildman–Crippen LogP) is 5.28. The van der Waals surface area contributed by atoms with E-state index in [2.05, 4.69) is 15.1 Å². The molecule has 2 aromatic rings. The first-order valence-electron chi connectivity index (χ1n) is 9.80. The van der Waals surface area contributed by atoms with Crippen LogP contribution in [0, 0.1) is 0 Å². The fraction of sp³-hybridized carbons (Fsp3) is 0.409. The van der Waals surface area contributed by atoms with E-state index < -0.39 is 0 Å². The van der Waals surface area contributed by atoms with E-state index in [1.54, 1.807) is 24.3 Å². The van der Waals surface area contributed by atoms with E-state index >= 15 is 0 Å². The third kappa shape index (κ3) is 4.61. The Labute approximate surface area is 160 Å². The highest BCUT2D eigenvalue weighted by Gasteiger charge is 2.31. The Balaban J connectivity index is 1.33. The second kappa shape index (κ2) is 8.44. The van der Waals surface area contributed by atoms with Crippen LogP contribution in [0.15, 0.2) is 64.8 Å². The lowest BCUT2D eigenvalue weighted by Gasteiger charge is -2.42. The van der Waals surface area contributed by atoms with Gasteiger partial charge in [0.15, 0.2) is 0 Å². The molecule has 0 spiro atoms. The molecule has 2 saturated heterocycles. The van der Waals surface area contributed by atoms with Gasteiger partial charge in [-0.05, 0) is 68.6 Å². The number of nitrogens with zero attached hydrogens (tertiary/aromatic N) is 3. The summed E-state index contributed by atoms with van der Waals surface area (Å²) < 4.78 is 5.76. The Morgan fingerprint density at radius 1 is 0.889 bits per heavy atom. The average Bonchev–Trinajstić information content (AvgIpc) is 2.73. The Morgan fingerprint density at radius 2 is 1.63 bits per heavy atom. The summed E-state index contributed by atoms with van der Waals surface area (Å²) in [4.78, 5) is 15.0. The molecule has 2 aromatic carbocycles. The molecule has 5 nitrogen and oxygen atoms in total. The first-order chi connectivity index (χ1) is 13.3. The Hall–Kier alpha value is -2.53. The molecule has 2 heterocycles. The van der Waals surface area contributed by atoms with Gasteiger partial charge in [0.05, 0.1) is 16.9 Å². The molecule has 0 bridgehead atoms. The number of azo groups is 1. The molecule has 0 unspecified atom stereocenters. The number of hydrogen-bond donors (Lipinski definition) is 0. The largest absolute Gasteiger partial charge is 0.457 e. The minimum absolute atomic E-state index is 0.00398. The van der Waals surface area contributed by atoms with Gasteiger partial charge in [-0.3, -0.25) is 4.90 Å². The van der Waals surface area contributed by atoms with Crippen LogP contribution in [0.25, 0.3) is 0 Å². The SMILES string of the molecule is O=C(O[C@H]1CC[C@H]2CCCCN2C1)c1ccc(N=Nc2ccccc2)cc1. The van der Waals surface area contributed by atoms with Gasteiger partial charge in [-0.15, -0.1) is 0 Å². The molecular weight excluding hydrogens is 338 g/mol. The van der Waals surface area contributed by atoms with Crippen molar-refractivity contribution in [2.24, 2.45) is 10.2 Å². The van der Waals surface area contributed by atoms with Gasteiger partial charge < -0.3 is 4.74 Å². The zero-order chi connectivity index (χ0) is 18.5. The summed E-state index contributed by atoms with van der Waals surface area (Å²) in [6, 6.07) is 17.4. The van der Waals surface area contributed by atoms with E-state index in [-0.39, 0.29) is 12.1 Å². The Bertz CT molecular complexity index is 789. The van der Waals surface area contributed by atoms with Crippen LogP contribution in [0.2, 0.25) is 0 Å². The minimum atomic E-state index is -0.248. The van der Waals surface area contributed by atoms with Crippen LogP contribution in [0.3, 0.4) is 0 Å². The first-order valence-corrected chi connectivity index (χ1v) is 9.80. The maximum absolute atomic E-state index is 12.5. The molecule has 0 amide bonds. The van der Waals surface area contributed by atoms with Gasteiger partial charge in [-0.25, -0.2) is 4.79 Å². The number of ether oxygens (including phenoxy) is 1. The molecule has 2 aliphatic heterocycles. The maximum Gasteiger partial charge on any atom is 0.338 e. The third-order valence-electron chi connectivity index (χ3n) is 5.42. The van der Waals surface area contributed by atoms with Crippen molar-refractivity contribution >= 4 is 17.3 Å². The number of rotatable bonds is 4. The fourth-order valence-corrected chi connectivity index (χ4v) is 3.95. The van der Waals surface area contributed by atoms with Gasteiger partial charge in [0.25, 0.3) is 0 Å². The van der Waals surface area contributed by atoms with Crippen molar-refractivity contribution in [2.75, 3.05) is 13.1 Å². The van der Waals surface area contributed by atoms with Crippen molar-refractivity contribution in [1.82, 2.24) is 4.90 Å². The van der Waals surface area contributed by atoms with Crippen LogP contribution in [-0.2, 0) is 4.74 Å². The average molecular weight is 363 g/mol. The molecule has 140 valence electrons. The molecule has 2 atom stereocenters. The number of carbonyl (C=O) groups excluding carboxylic acids is 1. The maximum atomic E-state index is 12.5. The Morgan fingerprint density at radius 3 is 2.41 bits per heavy atom. The molecule has 0 aromatic heterocycles. The first kappa shape index (κ1) is 17.9. The topological polar surface area (TPSA) is 54.3 Å². The monoisotopic (exact) mass is 363 g/mol. The smallest absolute Gasteiger partial charge is 0.338 e. The van der Waals surface area contributed by atoms with Gasteiger partial charge >= 0.3 is 5.97 Å². The summed E-state index contributed by atoms with van der Waals surface area (Å²) >= 11 is 0. The molecule has 0 saturated carbocycles. The van der Waals surface area contributed by atoms with Crippen LogP contribution in [0.5, 0.6) is 0 Å². The predicted molar refractivity (Wildman–Crippen MR) is 105 cm³/mol. The van der Waals surface area contributed by atoms with Crippen molar-refractivity contribution in [3.63, 3.8) is 0 Å². The van der Waals surface area contributed by atoms with E-state index in [0.717, 1.165) is 31.6 Å². The van der Waals surface area contributed by atoms with Crippen LogP contribution in [-0.4, -0.2) is 36.1 Å². The van der Waals surface area contributed by atoms with Crippen LogP contribution in [0.1, 0.15) is 42.5 Å². The lowest BCUT2D eigenvalue weighted by molar-refractivity contribution is -0.0143. The molecule has 27 heavy (non-hydrogen) atoms. The quantitative estimate of drug-likeness (QED) is 0.549. The summed E-state index contributed by atoms with van der Waals surface area (Å²) in [5, 5.41) is 8.39. The van der Waals surface area contributed by atoms with Crippen molar-refractivity contribution in [3.8, 4) is 0 Å². The Kier molecular flexibility index (Phi) is 5.58. The molecule has 4 rings (SSSR count). The normalized spacial score (nSPS) is 23.1. The highest BCUT2D eigenvalue weighted by atomic mass is 16.5. The zero-order valence-corrected chi connectivity index (χ0v) is 15.5. The molecule has 5 heteroatoms. The third-order valence-corrected chi connectivity index (χ3v) is 5.42. The molecular formula is C22H25N3O2. The minimum Gasteiger partial charge on any atom is -0.457 e. The molecule has 2 fully saturated rings. The highest BCUT2D eigenvalue weighted by Crippen LogP contribution is 2.28. The summed E-state index contributed by atoms with van der Waals surface area (Å²) in [6.45, 7) is 2.01. The van der Waals surface area contributed by atoms with Crippen molar-refractivity contribution < 1.29 is 9.53 Å². The number of esters is 1. The van der Waals surface area contributed by atoms with Gasteiger partial charge in [0.1, 0.15) is 6.10 Å². The van der Waals surface area contributed by atoms with Gasteiger partial charge in [-0.1, -0.05) is 24.6 Å². The summed E-state index contributed by atoms with van der Waals surface area (Å²) in [7, 11) is 0. The van der Waals surface area contributed by atoms with E-state index in [1.165, 1.54) is 19.3 Å². The van der Waals surface area contributed by atoms with E-state index in [0.29, 0.717) is 17.3 Å². The summed E-state index contributed by atoms with van der Waals surface area (Å²) in [5.41, 5.74) is 2.08. The molecule has 0 radical (unpaired) electrons.